The van der Waals surface area contributed by atoms with E-state index < -0.39 is 23.5 Å². The van der Waals surface area contributed by atoms with E-state index in [2.05, 4.69) is 0 Å². The van der Waals surface area contributed by atoms with Gasteiger partial charge in [-0.15, -0.1) is 0 Å². The Morgan fingerprint density at radius 2 is 1.65 bits per heavy atom. The zero-order chi connectivity index (χ0) is 26.3. The summed E-state index contributed by atoms with van der Waals surface area (Å²) in [5, 5.41) is 11.7. The van der Waals surface area contributed by atoms with E-state index in [0.29, 0.717) is 41.7 Å². The van der Waals surface area contributed by atoms with Gasteiger partial charge in [0.15, 0.2) is 17.2 Å². The van der Waals surface area contributed by atoms with Crippen LogP contribution in [0.2, 0.25) is 10.0 Å². The van der Waals surface area contributed by atoms with Crippen LogP contribution in [0.15, 0.2) is 60.2 Å². The molecule has 2 aliphatic heterocycles. The Bertz CT molecular complexity index is 1430. The van der Waals surface area contributed by atoms with Gasteiger partial charge < -0.3 is 24.1 Å². The third-order valence-electron chi connectivity index (χ3n) is 6.13. The first-order chi connectivity index (χ1) is 17.8. The zero-order valence-corrected chi connectivity index (χ0v) is 21.3. The predicted molar refractivity (Wildman–Crippen MR) is 138 cm³/mol. The SMILES string of the molecule is COc1cccc(C2/C(=C(\O)c3cc(Cl)c(OC)c(Cl)c3)C(=O)C(=O)N2c2ccc3c(c2)OCCO3)c1. The summed E-state index contributed by atoms with van der Waals surface area (Å²) < 4.78 is 21.8. The lowest BCUT2D eigenvalue weighted by Crippen LogP contribution is -2.29. The number of benzene rings is 3. The Morgan fingerprint density at radius 1 is 0.946 bits per heavy atom. The molecule has 1 amide bonds. The summed E-state index contributed by atoms with van der Waals surface area (Å²) in [6, 6.07) is 13.7. The first kappa shape index (κ1) is 24.8. The number of halogens is 2. The summed E-state index contributed by atoms with van der Waals surface area (Å²) in [4.78, 5) is 28.2. The standard InChI is InChI=1S/C27H21Cl2NO7/c1-34-17-5-3-4-14(10-17)23-22(24(31)15-11-18(28)26(35-2)19(29)12-15)25(32)27(33)30(23)16-6-7-20-21(13-16)37-9-8-36-20/h3-7,10-13,23,31H,8-9H2,1-2H3/b24-22+. The lowest BCUT2D eigenvalue weighted by molar-refractivity contribution is -0.132. The molecule has 0 aliphatic carbocycles. The van der Waals surface area contributed by atoms with Crippen molar-refractivity contribution in [3.8, 4) is 23.0 Å². The van der Waals surface area contributed by atoms with Crippen molar-refractivity contribution >= 4 is 46.3 Å². The molecule has 2 aliphatic rings. The number of anilines is 1. The maximum absolute atomic E-state index is 13.4. The van der Waals surface area contributed by atoms with Crippen molar-refractivity contribution in [1.29, 1.82) is 0 Å². The minimum absolute atomic E-state index is 0.134. The van der Waals surface area contributed by atoms with Gasteiger partial charge in [0.25, 0.3) is 11.7 Å². The van der Waals surface area contributed by atoms with Crippen LogP contribution in [0.25, 0.3) is 5.76 Å². The molecule has 1 atom stereocenters. The molecule has 0 radical (unpaired) electrons. The molecule has 190 valence electrons. The lowest BCUT2D eigenvalue weighted by atomic mass is 9.95. The highest BCUT2D eigenvalue weighted by molar-refractivity contribution is 6.51. The van der Waals surface area contributed by atoms with Gasteiger partial charge in [-0.3, -0.25) is 14.5 Å². The zero-order valence-electron chi connectivity index (χ0n) is 19.8. The van der Waals surface area contributed by atoms with Gasteiger partial charge in [-0.1, -0.05) is 35.3 Å². The highest BCUT2D eigenvalue weighted by atomic mass is 35.5. The molecule has 37 heavy (non-hydrogen) atoms. The van der Waals surface area contributed by atoms with Crippen LogP contribution in [0, 0.1) is 0 Å². The molecule has 1 N–H and O–H groups in total. The van der Waals surface area contributed by atoms with E-state index in [1.807, 2.05) is 0 Å². The molecule has 10 heteroatoms. The maximum atomic E-state index is 13.4. The van der Waals surface area contributed by atoms with Gasteiger partial charge in [0.05, 0.1) is 35.9 Å². The van der Waals surface area contributed by atoms with Gasteiger partial charge in [0.2, 0.25) is 0 Å². The molecule has 1 fully saturated rings. The van der Waals surface area contributed by atoms with Crippen LogP contribution in [-0.4, -0.2) is 44.2 Å². The van der Waals surface area contributed by atoms with E-state index in [-0.39, 0.29) is 26.9 Å². The maximum Gasteiger partial charge on any atom is 0.300 e. The van der Waals surface area contributed by atoms with Gasteiger partial charge in [-0.2, -0.15) is 0 Å². The molecule has 2 heterocycles. The molecule has 3 aromatic rings. The van der Waals surface area contributed by atoms with Gasteiger partial charge in [0, 0.05) is 17.3 Å². The monoisotopic (exact) mass is 541 g/mol. The van der Waals surface area contributed by atoms with Crippen molar-refractivity contribution in [2.75, 3.05) is 32.3 Å². The minimum atomic E-state index is -0.989. The largest absolute Gasteiger partial charge is 0.507 e. The summed E-state index contributed by atoms with van der Waals surface area (Å²) in [5.41, 5.74) is 0.957. The number of fused-ring (bicyclic) bond motifs is 1. The predicted octanol–water partition coefficient (Wildman–Crippen LogP) is 5.41. The summed E-state index contributed by atoms with van der Waals surface area (Å²) in [7, 11) is 2.92. The topological polar surface area (TPSA) is 94.5 Å². The Hall–Kier alpha value is -3.88. The lowest BCUT2D eigenvalue weighted by Gasteiger charge is -2.27. The first-order valence-electron chi connectivity index (χ1n) is 11.2. The van der Waals surface area contributed by atoms with E-state index in [4.69, 9.17) is 42.1 Å². The van der Waals surface area contributed by atoms with Crippen LogP contribution in [0.4, 0.5) is 5.69 Å². The Morgan fingerprint density at radius 3 is 2.32 bits per heavy atom. The molecule has 0 bridgehead atoms. The van der Waals surface area contributed by atoms with Crippen LogP contribution < -0.4 is 23.8 Å². The fourth-order valence-electron chi connectivity index (χ4n) is 4.45. The number of aliphatic hydroxyl groups is 1. The van der Waals surface area contributed by atoms with Crippen LogP contribution >= 0.6 is 23.2 Å². The van der Waals surface area contributed by atoms with Gasteiger partial charge in [0.1, 0.15) is 24.7 Å². The number of amides is 1. The second-order valence-electron chi connectivity index (χ2n) is 8.25. The van der Waals surface area contributed by atoms with E-state index in [9.17, 15) is 14.7 Å². The number of ketones is 1. The van der Waals surface area contributed by atoms with Gasteiger partial charge in [-0.05, 0) is 42.0 Å². The average Bonchev–Trinajstić information content (AvgIpc) is 3.18. The third kappa shape index (κ3) is 4.32. The smallest absolute Gasteiger partial charge is 0.300 e. The van der Waals surface area contributed by atoms with E-state index >= 15 is 0 Å². The van der Waals surface area contributed by atoms with E-state index in [0.717, 1.165) is 0 Å². The number of hydrogen-bond donors (Lipinski definition) is 1. The summed E-state index contributed by atoms with van der Waals surface area (Å²) in [6.45, 7) is 0.765. The Labute approximate surface area is 222 Å². The fraction of sp³-hybridized carbons (Fsp3) is 0.185. The van der Waals surface area contributed by atoms with Gasteiger partial charge >= 0.3 is 0 Å². The highest BCUT2D eigenvalue weighted by Crippen LogP contribution is 2.46. The van der Waals surface area contributed by atoms with Crippen molar-refractivity contribution < 1.29 is 33.6 Å². The minimum Gasteiger partial charge on any atom is -0.507 e. The third-order valence-corrected chi connectivity index (χ3v) is 6.70. The Balaban J connectivity index is 1.72. The van der Waals surface area contributed by atoms with Gasteiger partial charge in [-0.25, -0.2) is 0 Å². The number of rotatable bonds is 5. The Kier molecular flexibility index (Phi) is 6.62. The molecular weight excluding hydrogens is 521 g/mol. The average molecular weight is 542 g/mol. The molecule has 0 saturated carbocycles. The number of carbonyl (C=O) groups excluding carboxylic acids is 2. The van der Waals surface area contributed by atoms with Crippen molar-refractivity contribution in [2.45, 2.75) is 6.04 Å². The molecule has 1 unspecified atom stereocenters. The van der Waals surface area contributed by atoms with Crippen molar-refractivity contribution in [2.24, 2.45) is 0 Å². The number of carbonyl (C=O) groups is 2. The molecule has 0 spiro atoms. The van der Waals surface area contributed by atoms with Crippen LogP contribution in [0.5, 0.6) is 23.0 Å². The van der Waals surface area contributed by atoms with Crippen molar-refractivity contribution in [1.82, 2.24) is 0 Å². The summed E-state index contributed by atoms with van der Waals surface area (Å²) in [6.07, 6.45) is 0. The second-order valence-corrected chi connectivity index (χ2v) is 9.06. The molecule has 5 rings (SSSR count). The number of nitrogens with zero attached hydrogens (tertiary/aromatic N) is 1. The van der Waals surface area contributed by atoms with Crippen molar-refractivity contribution in [3.05, 3.63) is 81.3 Å². The molecule has 3 aromatic carbocycles. The number of hydrogen-bond acceptors (Lipinski definition) is 7. The first-order valence-corrected chi connectivity index (χ1v) is 12.0. The van der Waals surface area contributed by atoms with Crippen LogP contribution in [0.3, 0.4) is 0 Å². The van der Waals surface area contributed by atoms with E-state index in [1.54, 1.807) is 42.5 Å². The van der Waals surface area contributed by atoms with Crippen molar-refractivity contribution in [3.63, 3.8) is 0 Å². The number of aliphatic hydroxyl groups excluding tert-OH is 1. The second kappa shape index (κ2) is 9.88. The van der Waals surface area contributed by atoms with E-state index in [1.165, 1.54) is 31.3 Å². The summed E-state index contributed by atoms with van der Waals surface area (Å²) >= 11 is 12.6. The molecule has 8 nitrogen and oxygen atoms in total. The summed E-state index contributed by atoms with van der Waals surface area (Å²) in [5.74, 6) is -0.407. The normalized spacial score (nSPS) is 18.2. The fourth-order valence-corrected chi connectivity index (χ4v) is 5.10. The number of Topliss-reactive ketones (excluding diaryl/α,β-unsaturated/α-hetero) is 1. The highest BCUT2D eigenvalue weighted by Gasteiger charge is 2.47. The molecule has 1 saturated heterocycles. The number of ether oxygens (including phenoxy) is 4. The molecular formula is C27H21Cl2NO7. The quantitative estimate of drug-likeness (QED) is 0.262. The molecule has 0 aromatic heterocycles. The van der Waals surface area contributed by atoms with Crippen LogP contribution in [0.1, 0.15) is 17.2 Å². The number of methoxy groups -OCH3 is 2. The van der Waals surface area contributed by atoms with Crippen LogP contribution in [-0.2, 0) is 9.59 Å².